The van der Waals surface area contributed by atoms with E-state index >= 15 is 0 Å². The Bertz CT molecular complexity index is 327. The molecule has 0 radical (unpaired) electrons. The summed E-state index contributed by atoms with van der Waals surface area (Å²) in [5.74, 6) is 6.48. The van der Waals surface area contributed by atoms with Gasteiger partial charge in [0.15, 0.2) is 0 Å². The minimum atomic E-state index is -0.00910. The summed E-state index contributed by atoms with van der Waals surface area (Å²) in [4.78, 5) is 0. The summed E-state index contributed by atoms with van der Waals surface area (Å²) < 4.78 is 11.1. The minimum absolute atomic E-state index is 0.00910. The van der Waals surface area contributed by atoms with Gasteiger partial charge in [-0.15, -0.1) is 0 Å². The lowest BCUT2D eigenvalue weighted by molar-refractivity contribution is 0.0472. The van der Waals surface area contributed by atoms with E-state index in [1.54, 1.807) is 0 Å². The smallest absolute Gasteiger partial charge is 0.119 e. The first-order valence-electron chi connectivity index (χ1n) is 6.53. The van der Waals surface area contributed by atoms with Gasteiger partial charge in [0.2, 0.25) is 0 Å². The fourth-order valence-corrected chi connectivity index (χ4v) is 1.85. The van der Waals surface area contributed by atoms with Crippen molar-refractivity contribution in [2.45, 2.75) is 39.3 Å². The summed E-state index contributed by atoms with van der Waals surface area (Å²) in [7, 11) is 0. The summed E-state index contributed by atoms with van der Waals surface area (Å²) in [5.41, 5.74) is 3.90. The second-order valence-corrected chi connectivity index (χ2v) is 4.22. The number of ether oxygens (including phenoxy) is 2. The van der Waals surface area contributed by atoms with Gasteiger partial charge in [0.1, 0.15) is 5.75 Å². The maximum atomic E-state index is 5.59. The Morgan fingerprint density at radius 1 is 1.22 bits per heavy atom. The molecule has 0 spiro atoms. The van der Waals surface area contributed by atoms with Gasteiger partial charge in [-0.25, -0.2) is 0 Å². The Kier molecular flexibility index (Phi) is 6.72. The Morgan fingerprint density at radius 2 is 1.89 bits per heavy atom. The van der Waals surface area contributed by atoms with Crippen LogP contribution < -0.4 is 16.0 Å². The Hall–Kier alpha value is -1.10. The van der Waals surface area contributed by atoms with Gasteiger partial charge in [-0.3, -0.25) is 11.3 Å². The molecule has 1 aromatic rings. The van der Waals surface area contributed by atoms with Crippen molar-refractivity contribution in [3.05, 3.63) is 29.8 Å². The van der Waals surface area contributed by atoms with Crippen LogP contribution in [0, 0.1) is 0 Å². The van der Waals surface area contributed by atoms with Crippen molar-refractivity contribution in [3.63, 3.8) is 0 Å². The van der Waals surface area contributed by atoms with Crippen molar-refractivity contribution in [2.24, 2.45) is 5.84 Å². The van der Waals surface area contributed by atoms with Crippen molar-refractivity contribution in [2.75, 3.05) is 13.2 Å². The monoisotopic (exact) mass is 252 g/mol. The third kappa shape index (κ3) is 4.29. The normalized spacial score (nSPS) is 14.2. The number of rotatable bonds is 8. The van der Waals surface area contributed by atoms with Gasteiger partial charge < -0.3 is 9.47 Å². The number of benzene rings is 1. The number of nitrogens with one attached hydrogen (secondary N) is 1. The lowest BCUT2D eigenvalue weighted by Gasteiger charge is -2.23. The topological polar surface area (TPSA) is 56.5 Å². The molecule has 0 aliphatic rings. The SMILES string of the molecule is CCCOc1ccc(C(NN)C(C)OCC)cc1. The van der Waals surface area contributed by atoms with E-state index in [0.717, 1.165) is 24.3 Å². The predicted octanol–water partition coefficient (Wildman–Crippen LogP) is 2.40. The number of hydrogen-bond acceptors (Lipinski definition) is 4. The highest BCUT2D eigenvalue weighted by Gasteiger charge is 2.17. The third-order valence-electron chi connectivity index (χ3n) is 2.79. The molecule has 2 atom stereocenters. The van der Waals surface area contributed by atoms with Gasteiger partial charge in [0.25, 0.3) is 0 Å². The minimum Gasteiger partial charge on any atom is -0.494 e. The van der Waals surface area contributed by atoms with Crippen LogP contribution in [0.4, 0.5) is 0 Å². The molecule has 0 amide bonds. The average Bonchev–Trinajstić information content (AvgIpc) is 2.39. The molecule has 0 aliphatic carbocycles. The molecule has 4 nitrogen and oxygen atoms in total. The summed E-state index contributed by atoms with van der Waals surface area (Å²) in [5, 5.41) is 0. The molecular weight excluding hydrogens is 228 g/mol. The largest absolute Gasteiger partial charge is 0.494 e. The molecule has 102 valence electrons. The zero-order valence-corrected chi connectivity index (χ0v) is 11.5. The van der Waals surface area contributed by atoms with Crippen LogP contribution in [0.25, 0.3) is 0 Å². The summed E-state index contributed by atoms with van der Waals surface area (Å²) in [6.45, 7) is 7.50. The van der Waals surface area contributed by atoms with E-state index in [0.29, 0.717) is 6.61 Å². The fraction of sp³-hybridized carbons (Fsp3) is 0.571. The first-order chi connectivity index (χ1) is 8.72. The molecule has 0 bridgehead atoms. The zero-order chi connectivity index (χ0) is 13.4. The van der Waals surface area contributed by atoms with Gasteiger partial charge >= 0.3 is 0 Å². The zero-order valence-electron chi connectivity index (χ0n) is 11.5. The highest BCUT2D eigenvalue weighted by atomic mass is 16.5. The maximum absolute atomic E-state index is 5.59. The average molecular weight is 252 g/mol. The second-order valence-electron chi connectivity index (χ2n) is 4.22. The van der Waals surface area contributed by atoms with Crippen LogP contribution in [-0.4, -0.2) is 19.3 Å². The van der Waals surface area contributed by atoms with Gasteiger partial charge in [-0.2, -0.15) is 0 Å². The lowest BCUT2D eigenvalue weighted by atomic mass is 10.0. The van der Waals surface area contributed by atoms with E-state index in [1.165, 1.54) is 0 Å². The standard InChI is InChI=1S/C14H24N2O2/c1-4-10-18-13-8-6-12(7-9-13)14(16-15)11(3)17-5-2/h6-9,11,14,16H,4-5,10,15H2,1-3H3. The van der Waals surface area contributed by atoms with E-state index in [1.807, 2.05) is 38.1 Å². The van der Waals surface area contributed by atoms with Crippen molar-refractivity contribution >= 4 is 0 Å². The summed E-state index contributed by atoms with van der Waals surface area (Å²) >= 11 is 0. The van der Waals surface area contributed by atoms with Gasteiger partial charge in [0, 0.05) is 6.61 Å². The van der Waals surface area contributed by atoms with E-state index < -0.39 is 0 Å². The van der Waals surface area contributed by atoms with Crippen LogP contribution in [0.5, 0.6) is 5.75 Å². The second kappa shape index (κ2) is 8.08. The van der Waals surface area contributed by atoms with Crippen LogP contribution >= 0.6 is 0 Å². The van der Waals surface area contributed by atoms with Gasteiger partial charge in [-0.05, 0) is 38.0 Å². The molecule has 1 aromatic carbocycles. The van der Waals surface area contributed by atoms with Crippen LogP contribution in [0.1, 0.15) is 38.8 Å². The number of hydrogen-bond donors (Lipinski definition) is 2. The Morgan fingerprint density at radius 3 is 2.39 bits per heavy atom. The molecule has 1 rings (SSSR count). The first kappa shape index (κ1) is 15.0. The van der Waals surface area contributed by atoms with Crippen molar-refractivity contribution in [3.8, 4) is 5.75 Å². The third-order valence-corrected chi connectivity index (χ3v) is 2.79. The molecule has 0 fully saturated rings. The molecule has 0 saturated heterocycles. The molecular formula is C14H24N2O2. The summed E-state index contributed by atoms with van der Waals surface area (Å²) in [6.07, 6.45) is 1.04. The highest BCUT2D eigenvalue weighted by molar-refractivity contribution is 5.29. The van der Waals surface area contributed by atoms with Crippen LogP contribution in [0.15, 0.2) is 24.3 Å². The van der Waals surface area contributed by atoms with Crippen molar-refractivity contribution < 1.29 is 9.47 Å². The lowest BCUT2D eigenvalue weighted by Crippen LogP contribution is -2.36. The van der Waals surface area contributed by atoms with Crippen molar-refractivity contribution in [1.82, 2.24) is 5.43 Å². The molecule has 0 saturated carbocycles. The molecule has 3 N–H and O–H groups in total. The van der Waals surface area contributed by atoms with Gasteiger partial charge in [-0.1, -0.05) is 19.1 Å². The van der Waals surface area contributed by atoms with E-state index in [4.69, 9.17) is 15.3 Å². The molecule has 4 heteroatoms. The summed E-state index contributed by atoms with van der Waals surface area (Å²) in [6, 6.07) is 7.96. The number of hydrazine groups is 1. The van der Waals surface area contributed by atoms with Crippen LogP contribution in [-0.2, 0) is 4.74 Å². The maximum Gasteiger partial charge on any atom is 0.119 e. The van der Waals surface area contributed by atoms with Crippen LogP contribution in [0.2, 0.25) is 0 Å². The van der Waals surface area contributed by atoms with Crippen molar-refractivity contribution in [1.29, 1.82) is 0 Å². The molecule has 0 heterocycles. The Labute approximate surface area is 109 Å². The molecule has 18 heavy (non-hydrogen) atoms. The van der Waals surface area contributed by atoms with E-state index in [2.05, 4.69) is 12.3 Å². The molecule has 0 aromatic heterocycles. The van der Waals surface area contributed by atoms with Crippen LogP contribution in [0.3, 0.4) is 0 Å². The molecule has 2 unspecified atom stereocenters. The fourth-order valence-electron chi connectivity index (χ4n) is 1.85. The highest BCUT2D eigenvalue weighted by Crippen LogP contribution is 2.21. The Balaban J connectivity index is 2.69. The predicted molar refractivity (Wildman–Crippen MR) is 73.4 cm³/mol. The first-order valence-corrected chi connectivity index (χ1v) is 6.53. The van der Waals surface area contributed by atoms with Gasteiger partial charge in [0.05, 0.1) is 18.8 Å². The number of nitrogens with two attached hydrogens (primary N) is 1. The van der Waals surface area contributed by atoms with E-state index in [9.17, 15) is 0 Å². The van der Waals surface area contributed by atoms with E-state index in [-0.39, 0.29) is 12.1 Å². The molecule has 0 aliphatic heterocycles. The quantitative estimate of drug-likeness (QED) is 0.551.